The molecule has 0 atom stereocenters. The van der Waals surface area contributed by atoms with Gasteiger partial charge in [-0.3, -0.25) is 5.41 Å². The van der Waals surface area contributed by atoms with Crippen LogP contribution in [-0.4, -0.2) is 30.5 Å². The van der Waals surface area contributed by atoms with Gasteiger partial charge < -0.3 is 16.4 Å². The van der Waals surface area contributed by atoms with Crippen LogP contribution < -0.4 is 11.5 Å². The van der Waals surface area contributed by atoms with Crippen LogP contribution in [0.5, 0.6) is 0 Å². The highest BCUT2D eigenvalue weighted by Gasteiger charge is 2.00. The summed E-state index contributed by atoms with van der Waals surface area (Å²) in [5, 5.41) is 7.09. The third-order valence-corrected chi connectivity index (χ3v) is 1.35. The van der Waals surface area contributed by atoms with Gasteiger partial charge in [0.2, 0.25) is 0 Å². The van der Waals surface area contributed by atoms with Gasteiger partial charge in [-0.15, -0.1) is 0 Å². The van der Waals surface area contributed by atoms with Crippen LogP contribution in [0, 0.1) is 5.41 Å². The van der Waals surface area contributed by atoms with Crippen molar-refractivity contribution in [2.24, 2.45) is 11.5 Å². The molecule has 5 N–H and O–H groups in total. The third-order valence-electron chi connectivity index (χ3n) is 1.35. The van der Waals surface area contributed by atoms with E-state index < -0.39 is 0 Å². The predicted molar refractivity (Wildman–Crippen MR) is 42.8 cm³/mol. The molecule has 4 heteroatoms. The van der Waals surface area contributed by atoms with E-state index in [-0.39, 0.29) is 5.96 Å². The Morgan fingerprint density at radius 1 is 1.60 bits per heavy atom. The normalized spacial score (nSPS) is 9.40. The molecule has 0 aliphatic rings. The Labute approximate surface area is 61.7 Å². The summed E-state index contributed by atoms with van der Waals surface area (Å²) in [4.78, 5) is 1.78. The van der Waals surface area contributed by atoms with Crippen LogP contribution in [-0.2, 0) is 0 Å². The Morgan fingerprint density at radius 3 is 2.50 bits per heavy atom. The van der Waals surface area contributed by atoms with Crippen LogP contribution in [0.25, 0.3) is 0 Å². The lowest BCUT2D eigenvalue weighted by molar-refractivity contribution is 0.426. The van der Waals surface area contributed by atoms with E-state index in [1.807, 2.05) is 6.92 Å². The van der Waals surface area contributed by atoms with Gasteiger partial charge in [0.1, 0.15) is 0 Å². The highest BCUT2D eigenvalue weighted by Crippen LogP contribution is 1.87. The summed E-state index contributed by atoms with van der Waals surface area (Å²) in [5.74, 6) is 0.135. The molecule has 0 aromatic heterocycles. The van der Waals surface area contributed by atoms with Crippen LogP contribution >= 0.6 is 0 Å². The molecule has 0 bridgehead atoms. The Hall–Kier alpha value is -0.770. The molecular formula is C6H16N4. The lowest BCUT2D eigenvalue weighted by Crippen LogP contribution is -2.37. The van der Waals surface area contributed by atoms with Crippen molar-refractivity contribution in [1.29, 1.82) is 5.41 Å². The van der Waals surface area contributed by atoms with Crippen molar-refractivity contribution in [2.75, 3.05) is 19.6 Å². The number of nitrogens with zero attached hydrogens (tertiary/aromatic N) is 1. The fourth-order valence-electron chi connectivity index (χ4n) is 0.731. The average molecular weight is 144 g/mol. The summed E-state index contributed by atoms with van der Waals surface area (Å²) in [6, 6.07) is 0. The van der Waals surface area contributed by atoms with Crippen molar-refractivity contribution in [1.82, 2.24) is 4.90 Å². The first-order valence-corrected chi connectivity index (χ1v) is 3.51. The van der Waals surface area contributed by atoms with Crippen LogP contribution in [0.3, 0.4) is 0 Å². The molecule has 0 rings (SSSR count). The molecule has 0 unspecified atom stereocenters. The lowest BCUT2D eigenvalue weighted by Gasteiger charge is -2.19. The van der Waals surface area contributed by atoms with E-state index in [4.69, 9.17) is 16.9 Å². The second kappa shape index (κ2) is 5.05. The zero-order valence-electron chi connectivity index (χ0n) is 6.43. The molecule has 0 fully saturated rings. The largest absolute Gasteiger partial charge is 0.370 e. The van der Waals surface area contributed by atoms with Crippen molar-refractivity contribution in [3.63, 3.8) is 0 Å². The molecule has 60 valence electrons. The highest BCUT2D eigenvalue weighted by atomic mass is 15.2. The summed E-state index contributed by atoms with van der Waals surface area (Å²) in [6.07, 6.45) is 0.896. The molecule has 0 saturated heterocycles. The molecule has 0 aromatic carbocycles. The van der Waals surface area contributed by atoms with Crippen LogP contribution in [0.4, 0.5) is 0 Å². The first-order valence-electron chi connectivity index (χ1n) is 3.51. The zero-order chi connectivity index (χ0) is 7.98. The van der Waals surface area contributed by atoms with Gasteiger partial charge in [-0.25, -0.2) is 0 Å². The van der Waals surface area contributed by atoms with Crippen molar-refractivity contribution < 1.29 is 0 Å². The van der Waals surface area contributed by atoms with Crippen LogP contribution in [0.2, 0.25) is 0 Å². The smallest absolute Gasteiger partial charge is 0.188 e. The zero-order valence-corrected chi connectivity index (χ0v) is 6.43. The van der Waals surface area contributed by atoms with Gasteiger partial charge in [0, 0.05) is 13.1 Å². The molecule has 4 nitrogen and oxygen atoms in total. The topological polar surface area (TPSA) is 79.1 Å². The van der Waals surface area contributed by atoms with E-state index >= 15 is 0 Å². The van der Waals surface area contributed by atoms with E-state index in [1.165, 1.54) is 0 Å². The van der Waals surface area contributed by atoms with Gasteiger partial charge in [-0.2, -0.15) is 0 Å². The maximum absolute atomic E-state index is 7.09. The summed E-state index contributed by atoms with van der Waals surface area (Å²) in [7, 11) is 0. The summed E-state index contributed by atoms with van der Waals surface area (Å²) in [5.41, 5.74) is 10.6. The maximum Gasteiger partial charge on any atom is 0.188 e. The van der Waals surface area contributed by atoms with E-state index in [0.29, 0.717) is 6.54 Å². The Balaban J connectivity index is 3.50. The van der Waals surface area contributed by atoms with Gasteiger partial charge in [-0.1, -0.05) is 0 Å². The fourth-order valence-corrected chi connectivity index (χ4v) is 0.731. The lowest BCUT2D eigenvalue weighted by atomic mass is 10.4. The molecule has 0 saturated carbocycles. The van der Waals surface area contributed by atoms with Gasteiger partial charge >= 0.3 is 0 Å². The molecule has 0 amide bonds. The van der Waals surface area contributed by atoms with Crippen molar-refractivity contribution in [2.45, 2.75) is 13.3 Å². The first kappa shape index (κ1) is 9.23. The second-order valence-corrected chi connectivity index (χ2v) is 2.11. The Bertz CT molecular complexity index is 102. The third kappa shape index (κ3) is 3.29. The summed E-state index contributed by atoms with van der Waals surface area (Å²) in [6.45, 7) is 4.21. The SMILES string of the molecule is CCN(CCCN)C(=N)N. The Morgan fingerprint density at radius 2 is 2.20 bits per heavy atom. The molecule has 0 spiro atoms. The van der Waals surface area contributed by atoms with E-state index in [9.17, 15) is 0 Å². The average Bonchev–Trinajstić information content (AvgIpc) is 1.89. The van der Waals surface area contributed by atoms with Crippen LogP contribution in [0.1, 0.15) is 13.3 Å². The van der Waals surface area contributed by atoms with Crippen molar-refractivity contribution >= 4 is 5.96 Å². The maximum atomic E-state index is 7.09. The van der Waals surface area contributed by atoms with E-state index in [1.54, 1.807) is 4.90 Å². The van der Waals surface area contributed by atoms with Gasteiger partial charge in [-0.05, 0) is 19.9 Å². The second-order valence-electron chi connectivity index (χ2n) is 2.11. The quantitative estimate of drug-likeness (QED) is 0.369. The molecule has 0 radical (unpaired) electrons. The highest BCUT2D eigenvalue weighted by molar-refractivity contribution is 5.74. The molecule has 0 aromatic rings. The van der Waals surface area contributed by atoms with Crippen molar-refractivity contribution in [3.05, 3.63) is 0 Å². The first-order chi connectivity index (χ1) is 4.72. The van der Waals surface area contributed by atoms with Gasteiger partial charge in [0.15, 0.2) is 5.96 Å². The summed E-state index contributed by atoms with van der Waals surface area (Å²) >= 11 is 0. The minimum Gasteiger partial charge on any atom is -0.370 e. The number of hydrogen-bond acceptors (Lipinski definition) is 2. The molecule has 10 heavy (non-hydrogen) atoms. The molecular weight excluding hydrogens is 128 g/mol. The molecule has 0 aliphatic carbocycles. The number of rotatable bonds is 4. The predicted octanol–water partition coefficient (Wildman–Crippen LogP) is -0.449. The monoisotopic (exact) mass is 144 g/mol. The number of nitrogens with one attached hydrogen (secondary N) is 1. The number of hydrogen-bond donors (Lipinski definition) is 3. The van der Waals surface area contributed by atoms with E-state index in [2.05, 4.69) is 0 Å². The van der Waals surface area contributed by atoms with Crippen LogP contribution in [0.15, 0.2) is 0 Å². The fraction of sp³-hybridized carbons (Fsp3) is 0.833. The minimum absolute atomic E-state index is 0.135. The summed E-state index contributed by atoms with van der Waals surface area (Å²) < 4.78 is 0. The Kier molecular flexibility index (Phi) is 4.66. The molecule has 0 heterocycles. The van der Waals surface area contributed by atoms with Crippen molar-refractivity contribution in [3.8, 4) is 0 Å². The number of nitrogens with two attached hydrogens (primary N) is 2. The van der Waals surface area contributed by atoms with E-state index in [0.717, 1.165) is 19.5 Å². The standard InChI is InChI=1S/C6H16N4/c1-2-10(6(8)9)5-3-4-7/h2-5,7H2,1H3,(H3,8,9). The number of guanidine groups is 1. The van der Waals surface area contributed by atoms with Gasteiger partial charge in [0.05, 0.1) is 0 Å². The van der Waals surface area contributed by atoms with Gasteiger partial charge in [0.25, 0.3) is 0 Å². The minimum atomic E-state index is 0.135. The molecule has 0 aliphatic heterocycles.